The van der Waals surface area contributed by atoms with E-state index in [1.54, 1.807) is 11.0 Å². The number of nitrogens with zero attached hydrogens (tertiary/aromatic N) is 1. The van der Waals surface area contributed by atoms with Crippen LogP contribution in [0.3, 0.4) is 0 Å². The molecule has 0 aromatic heterocycles. The largest absolute Gasteiger partial charge is 0.478 e. The van der Waals surface area contributed by atoms with Gasteiger partial charge in [-0.15, -0.1) is 0 Å². The molecule has 1 fully saturated rings. The summed E-state index contributed by atoms with van der Waals surface area (Å²) in [6, 6.07) is 4.51. The normalized spacial score (nSPS) is 18.4. The van der Waals surface area contributed by atoms with Gasteiger partial charge < -0.3 is 15.3 Å². The van der Waals surface area contributed by atoms with Crippen LogP contribution in [0.4, 0.5) is 10.5 Å². The average molecular weight is 355 g/mol. The first-order valence-corrected chi connectivity index (χ1v) is 7.88. The third kappa shape index (κ3) is 4.20. The first-order chi connectivity index (χ1) is 9.99. The number of piperidine rings is 1. The van der Waals surface area contributed by atoms with Crippen LogP contribution in [0, 0.1) is 5.92 Å². The molecule has 6 heteroatoms. The minimum atomic E-state index is -1.02. The van der Waals surface area contributed by atoms with Gasteiger partial charge in [-0.1, -0.05) is 29.3 Å². The number of hydrogen-bond donors (Lipinski definition) is 2. The van der Waals surface area contributed by atoms with E-state index in [0.717, 1.165) is 25.9 Å². The lowest BCUT2D eigenvalue weighted by Gasteiger charge is -2.32. The third-order valence-electron chi connectivity index (χ3n) is 3.78. The summed E-state index contributed by atoms with van der Waals surface area (Å²) in [7, 11) is 0. The summed E-state index contributed by atoms with van der Waals surface area (Å²) < 4.78 is 0.628. The van der Waals surface area contributed by atoms with Crippen molar-refractivity contribution in [1.29, 1.82) is 0 Å². The maximum atomic E-state index is 12.3. The number of halogens is 1. The molecule has 0 aliphatic carbocycles. The third-order valence-corrected chi connectivity index (χ3v) is 4.24. The maximum absolute atomic E-state index is 12.3. The van der Waals surface area contributed by atoms with E-state index in [0.29, 0.717) is 16.1 Å². The molecule has 0 bridgehead atoms. The Balaban J connectivity index is 2.07. The van der Waals surface area contributed by atoms with Crippen LogP contribution in [0.25, 0.3) is 0 Å². The minimum Gasteiger partial charge on any atom is -0.478 e. The molecule has 114 valence electrons. The van der Waals surface area contributed by atoms with Crippen LogP contribution in [-0.4, -0.2) is 35.1 Å². The predicted octanol–water partition coefficient (Wildman–Crippen LogP) is 3.80. The Hall–Kier alpha value is -1.56. The molecule has 5 nitrogen and oxygen atoms in total. The highest BCUT2D eigenvalue weighted by molar-refractivity contribution is 9.10. The van der Waals surface area contributed by atoms with Crippen molar-refractivity contribution in [2.75, 3.05) is 18.4 Å². The van der Waals surface area contributed by atoms with Gasteiger partial charge in [0.05, 0.1) is 5.56 Å². The number of aromatic carboxylic acids is 1. The van der Waals surface area contributed by atoms with E-state index in [1.807, 2.05) is 0 Å². The van der Waals surface area contributed by atoms with E-state index in [9.17, 15) is 9.59 Å². The van der Waals surface area contributed by atoms with Crippen LogP contribution >= 0.6 is 15.9 Å². The van der Waals surface area contributed by atoms with Crippen molar-refractivity contribution in [3.05, 3.63) is 28.2 Å². The second-order valence-corrected chi connectivity index (χ2v) is 6.24. The molecule has 1 aliphatic heterocycles. The van der Waals surface area contributed by atoms with Crippen molar-refractivity contribution in [1.82, 2.24) is 4.90 Å². The SMILES string of the molecule is CCC1CCCN(C(=O)Nc2cc(Br)cc(C(=O)O)c2)C1. The number of likely N-dealkylation sites (tertiary alicyclic amines) is 1. The smallest absolute Gasteiger partial charge is 0.335 e. The second-order valence-electron chi connectivity index (χ2n) is 5.33. The number of carbonyl (C=O) groups excluding carboxylic acids is 1. The minimum absolute atomic E-state index is 0.143. The van der Waals surface area contributed by atoms with Gasteiger partial charge in [0.1, 0.15) is 0 Å². The van der Waals surface area contributed by atoms with Crippen LogP contribution in [0.1, 0.15) is 36.5 Å². The maximum Gasteiger partial charge on any atom is 0.335 e. The van der Waals surface area contributed by atoms with E-state index >= 15 is 0 Å². The summed E-state index contributed by atoms with van der Waals surface area (Å²) in [4.78, 5) is 25.1. The molecule has 0 radical (unpaired) electrons. The Labute approximate surface area is 132 Å². The fourth-order valence-corrected chi connectivity index (χ4v) is 3.06. The molecule has 1 aromatic carbocycles. The molecule has 0 saturated carbocycles. The molecular weight excluding hydrogens is 336 g/mol. The Morgan fingerprint density at radius 1 is 1.43 bits per heavy atom. The highest BCUT2D eigenvalue weighted by Gasteiger charge is 2.22. The first-order valence-electron chi connectivity index (χ1n) is 7.09. The van der Waals surface area contributed by atoms with E-state index in [-0.39, 0.29) is 11.6 Å². The van der Waals surface area contributed by atoms with Crippen LogP contribution in [0.2, 0.25) is 0 Å². The average Bonchev–Trinajstić information content (AvgIpc) is 2.46. The number of urea groups is 1. The first kappa shape index (κ1) is 15.8. The van der Waals surface area contributed by atoms with E-state index in [1.165, 1.54) is 18.6 Å². The molecule has 2 amide bonds. The molecule has 1 unspecified atom stereocenters. The van der Waals surface area contributed by atoms with E-state index in [2.05, 4.69) is 28.2 Å². The van der Waals surface area contributed by atoms with Gasteiger partial charge in [-0.05, 0) is 37.0 Å². The molecule has 1 atom stereocenters. The van der Waals surface area contributed by atoms with Gasteiger partial charge in [-0.25, -0.2) is 9.59 Å². The van der Waals surface area contributed by atoms with E-state index in [4.69, 9.17) is 5.11 Å². The van der Waals surface area contributed by atoms with Gasteiger partial charge in [0.25, 0.3) is 0 Å². The standard InChI is InChI=1S/C15H19BrN2O3/c1-2-10-4-3-5-18(9-10)15(21)17-13-7-11(14(19)20)6-12(16)8-13/h6-8,10H,2-5,9H2,1H3,(H,17,21)(H,19,20). The Morgan fingerprint density at radius 3 is 2.86 bits per heavy atom. The zero-order valence-corrected chi connectivity index (χ0v) is 13.5. The van der Waals surface area contributed by atoms with Crippen molar-refractivity contribution >= 4 is 33.6 Å². The van der Waals surface area contributed by atoms with Crippen LogP contribution in [0.5, 0.6) is 0 Å². The number of nitrogens with one attached hydrogen (secondary N) is 1. The number of anilines is 1. The summed E-state index contributed by atoms with van der Waals surface area (Å²) in [6.45, 7) is 3.66. The monoisotopic (exact) mass is 354 g/mol. The molecule has 1 heterocycles. The summed E-state index contributed by atoms with van der Waals surface area (Å²) in [5, 5.41) is 11.8. The number of carboxylic acids is 1. The van der Waals surface area contributed by atoms with Gasteiger partial charge in [0.2, 0.25) is 0 Å². The van der Waals surface area contributed by atoms with Crippen LogP contribution < -0.4 is 5.32 Å². The predicted molar refractivity (Wildman–Crippen MR) is 84.7 cm³/mol. The number of carbonyl (C=O) groups is 2. The molecule has 1 aromatic rings. The highest BCUT2D eigenvalue weighted by atomic mass is 79.9. The molecule has 1 saturated heterocycles. The Morgan fingerprint density at radius 2 is 2.19 bits per heavy atom. The van der Waals surface area contributed by atoms with Crippen molar-refractivity contribution < 1.29 is 14.7 Å². The lowest BCUT2D eigenvalue weighted by molar-refractivity contribution is 0.0696. The molecule has 0 spiro atoms. The highest BCUT2D eigenvalue weighted by Crippen LogP contribution is 2.22. The summed E-state index contributed by atoms with van der Waals surface area (Å²) >= 11 is 3.26. The Kier molecular flexibility index (Phi) is 5.22. The second kappa shape index (κ2) is 6.93. The van der Waals surface area contributed by atoms with Crippen molar-refractivity contribution in [2.45, 2.75) is 26.2 Å². The van der Waals surface area contributed by atoms with Gasteiger partial charge in [-0.2, -0.15) is 0 Å². The molecular formula is C15H19BrN2O3. The summed E-state index contributed by atoms with van der Waals surface area (Å²) in [5.41, 5.74) is 0.634. The zero-order valence-electron chi connectivity index (χ0n) is 11.9. The fourth-order valence-electron chi connectivity index (χ4n) is 2.57. The lowest BCUT2D eigenvalue weighted by Crippen LogP contribution is -2.42. The van der Waals surface area contributed by atoms with Crippen LogP contribution in [0.15, 0.2) is 22.7 Å². The molecule has 21 heavy (non-hydrogen) atoms. The molecule has 2 N–H and O–H groups in total. The van der Waals surface area contributed by atoms with Gasteiger partial charge in [0.15, 0.2) is 0 Å². The Bertz CT molecular complexity index is 548. The molecule has 2 rings (SSSR count). The number of amides is 2. The van der Waals surface area contributed by atoms with Crippen molar-refractivity contribution in [3.8, 4) is 0 Å². The quantitative estimate of drug-likeness (QED) is 0.867. The van der Waals surface area contributed by atoms with Gasteiger partial charge in [0, 0.05) is 23.2 Å². The number of hydrogen-bond acceptors (Lipinski definition) is 2. The number of benzene rings is 1. The van der Waals surface area contributed by atoms with Gasteiger partial charge >= 0.3 is 12.0 Å². The number of rotatable bonds is 3. The van der Waals surface area contributed by atoms with Crippen molar-refractivity contribution in [3.63, 3.8) is 0 Å². The van der Waals surface area contributed by atoms with Crippen molar-refractivity contribution in [2.24, 2.45) is 5.92 Å². The van der Waals surface area contributed by atoms with E-state index < -0.39 is 5.97 Å². The van der Waals surface area contributed by atoms with Crippen LogP contribution in [-0.2, 0) is 0 Å². The molecule has 1 aliphatic rings. The summed E-state index contributed by atoms with van der Waals surface area (Å²) in [5.74, 6) is -0.461. The topological polar surface area (TPSA) is 69.6 Å². The fraction of sp³-hybridized carbons (Fsp3) is 0.467. The van der Waals surface area contributed by atoms with Gasteiger partial charge in [-0.3, -0.25) is 0 Å². The zero-order chi connectivity index (χ0) is 15.4. The number of carboxylic acid groups (broad SMARTS) is 1. The summed E-state index contributed by atoms with van der Waals surface area (Å²) in [6.07, 6.45) is 3.26. The lowest BCUT2D eigenvalue weighted by atomic mass is 9.96.